The zero-order valence-electron chi connectivity index (χ0n) is 11.3. The molecule has 1 aliphatic rings. The maximum absolute atomic E-state index is 11.7. The highest BCUT2D eigenvalue weighted by atomic mass is 35.5. The highest BCUT2D eigenvalue weighted by Gasteiger charge is 2.33. The molecule has 1 aromatic carbocycles. The van der Waals surface area contributed by atoms with E-state index in [0.29, 0.717) is 17.2 Å². The van der Waals surface area contributed by atoms with E-state index in [0.717, 1.165) is 24.7 Å². The van der Waals surface area contributed by atoms with Crippen LogP contribution in [0.4, 0.5) is 0 Å². The standard InChI is InChI=1S/C16H20ClO2/c1-2-12-10-13(12)6-3-4-9-19-16(18)14-7-5-8-15(17)11-14/h5,8,11-13H,2-4,6,9-10H2,1H3. The Morgan fingerprint density at radius 2 is 2.32 bits per heavy atom. The van der Waals surface area contributed by atoms with Crippen LogP contribution >= 0.6 is 11.6 Å². The summed E-state index contributed by atoms with van der Waals surface area (Å²) in [5.41, 5.74) is 0.403. The summed E-state index contributed by atoms with van der Waals surface area (Å²) in [7, 11) is 0. The predicted octanol–water partition coefficient (Wildman–Crippen LogP) is 4.51. The Morgan fingerprint density at radius 3 is 3.00 bits per heavy atom. The lowest BCUT2D eigenvalue weighted by Crippen LogP contribution is -2.06. The van der Waals surface area contributed by atoms with E-state index in [4.69, 9.17) is 16.3 Å². The zero-order valence-corrected chi connectivity index (χ0v) is 12.1. The third kappa shape index (κ3) is 4.54. The van der Waals surface area contributed by atoms with Gasteiger partial charge in [-0.2, -0.15) is 0 Å². The summed E-state index contributed by atoms with van der Waals surface area (Å²) in [5, 5.41) is 0.532. The third-order valence-electron chi connectivity index (χ3n) is 3.78. The number of carbonyl (C=O) groups excluding carboxylic acids is 1. The summed E-state index contributed by atoms with van der Waals surface area (Å²) in [6.07, 6.45) is 6.07. The molecule has 2 nitrogen and oxygen atoms in total. The van der Waals surface area contributed by atoms with Gasteiger partial charge in [-0.05, 0) is 49.3 Å². The first-order chi connectivity index (χ1) is 9.20. The van der Waals surface area contributed by atoms with E-state index in [2.05, 4.69) is 13.0 Å². The van der Waals surface area contributed by atoms with Gasteiger partial charge in [0.25, 0.3) is 0 Å². The topological polar surface area (TPSA) is 26.3 Å². The van der Waals surface area contributed by atoms with Crippen molar-refractivity contribution in [1.82, 2.24) is 0 Å². The molecule has 1 saturated carbocycles. The van der Waals surface area contributed by atoms with E-state index in [-0.39, 0.29) is 5.97 Å². The van der Waals surface area contributed by atoms with E-state index >= 15 is 0 Å². The van der Waals surface area contributed by atoms with Crippen molar-refractivity contribution in [3.8, 4) is 0 Å². The van der Waals surface area contributed by atoms with Crippen molar-refractivity contribution in [2.75, 3.05) is 6.61 Å². The molecule has 19 heavy (non-hydrogen) atoms. The number of halogens is 1. The molecular formula is C16H20ClO2. The SMILES string of the molecule is CCC1CC1CCCCOC(=O)c1[c]ccc(Cl)c1. The number of hydrogen-bond acceptors (Lipinski definition) is 2. The van der Waals surface area contributed by atoms with Gasteiger partial charge < -0.3 is 4.74 Å². The molecule has 0 aliphatic heterocycles. The average Bonchev–Trinajstić information content (AvgIpc) is 3.17. The van der Waals surface area contributed by atoms with Crippen molar-refractivity contribution in [1.29, 1.82) is 0 Å². The molecule has 0 heterocycles. The average molecular weight is 280 g/mol. The van der Waals surface area contributed by atoms with Gasteiger partial charge in [0.15, 0.2) is 0 Å². The normalized spacial score (nSPS) is 21.2. The molecule has 1 radical (unpaired) electrons. The van der Waals surface area contributed by atoms with Crippen LogP contribution in [0.3, 0.4) is 0 Å². The summed E-state index contributed by atoms with van der Waals surface area (Å²) < 4.78 is 5.21. The summed E-state index contributed by atoms with van der Waals surface area (Å²) >= 11 is 5.81. The molecule has 0 spiro atoms. The third-order valence-corrected chi connectivity index (χ3v) is 4.01. The molecule has 1 aliphatic carbocycles. The predicted molar refractivity (Wildman–Crippen MR) is 76.3 cm³/mol. The smallest absolute Gasteiger partial charge is 0.338 e. The molecule has 0 aromatic heterocycles. The fourth-order valence-corrected chi connectivity index (χ4v) is 2.64. The van der Waals surface area contributed by atoms with Gasteiger partial charge in [-0.1, -0.05) is 37.4 Å². The number of benzene rings is 1. The van der Waals surface area contributed by atoms with Gasteiger partial charge in [0.05, 0.1) is 12.2 Å². The second-order valence-electron chi connectivity index (χ2n) is 5.22. The van der Waals surface area contributed by atoms with Crippen LogP contribution in [0.5, 0.6) is 0 Å². The Kier molecular flexibility index (Phi) is 5.26. The molecule has 0 saturated heterocycles. The van der Waals surface area contributed by atoms with E-state index in [1.165, 1.54) is 19.3 Å². The van der Waals surface area contributed by atoms with Crippen LogP contribution in [-0.4, -0.2) is 12.6 Å². The number of rotatable bonds is 7. The number of ether oxygens (including phenoxy) is 1. The minimum Gasteiger partial charge on any atom is -0.462 e. The maximum Gasteiger partial charge on any atom is 0.338 e. The van der Waals surface area contributed by atoms with Crippen molar-refractivity contribution in [2.45, 2.75) is 39.0 Å². The van der Waals surface area contributed by atoms with Gasteiger partial charge in [0, 0.05) is 5.02 Å². The van der Waals surface area contributed by atoms with Crippen LogP contribution in [0.1, 0.15) is 49.4 Å². The molecule has 1 fully saturated rings. The van der Waals surface area contributed by atoms with Crippen molar-refractivity contribution in [3.05, 3.63) is 34.9 Å². The number of carbonyl (C=O) groups is 1. The van der Waals surface area contributed by atoms with Crippen molar-refractivity contribution >= 4 is 17.6 Å². The number of unbranched alkanes of at least 4 members (excludes halogenated alkanes) is 1. The highest BCUT2D eigenvalue weighted by molar-refractivity contribution is 6.30. The van der Waals surface area contributed by atoms with Crippen LogP contribution < -0.4 is 0 Å². The lowest BCUT2D eigenvalue weighted by atomic mass is 10.1. The second kappa shape index (κ2) is 6.95. The van der Waals surface area contributed by atoms with Gasteiger partial charge in [0.1, 0.15) is 0 Å². The molecule has 2 rings (SSSR count). The molecule has 3 heteroatoms. The first-order valence-corrected chi connectivity index (χ1v) is 7.43. The van der Waals surface area contributed by atoms with E-state index in [1.807, 2.05) is 0 Å². The Labute approximate surface area is 120 Å². The zero-order chi connectivity index (χ0) is 13.7. The van der Waals surface area contributed by atoms with Crippen LogP contribution in [0, 0.1) is 17.9 Å². The summed E-state index contributed by atoms with van der Waals surface area (Å²) in [4.78, 5) is 11.7. The number of hydrogen-bond donors (Lipinski definition) is 0. The Balaban J connectivity index is 1.59. The molecule has 2 atom stereocenters. The van der Waals surface area contributed by atoms with E-state index in [1.54, 1.807) is 18.2 Å². The van der Waals surface area contributed by atoms with E-state index in [9.17, 15) is 4.79 Å². The first kappa shape index (κ1) is 14.4. The second-order valence-corrected chi connectivity index (χ2v) is 5.65. The summed E-state index contributed by atoms with van der Waals surface area (Å²) in [6.45, 7) is 2.75. The van der Waals surface area contributed by atoms with Crippen molar-refractivity contribution in [3.63, 3.8) is 0 Å². The van der Waals surface area contributed by atoms with Gasteiger partial charge in [-0.15, -0.1) is 0 Å². The Bertz CT molecular complexity index is 431. The Hall–Kier alpha value is -1.02. The fraction of sp³-hybridized carbons (Fsp3) is 0.562. The molecular weight excluding hydrogens is 260 g/mol. The van der Waals surface area contributed by atoms with Crippen molar-refractivity contribution < 1.29 is 9.53 Å². The quantitative estimate of drug-likeness (QED) is 0.542. The van der Waals surface area contributed by atoms with Gasteiger partial charge in [-0.25, -0.2) is 4.79 Å². The van der Waals surface area contributed by atoms with Gasteiger partial charge in [0.2, 0.25) is 0 Å². The minimum atomic E-state index is -0.333. The molecule has 103 valence electrons. The van der Waals surface area contributed by atoms with Gasteiger partial charge in [-0.3, -0.25) is 0 Å². The van der Waals surface area contributed by atoms with Crippen LogP contribution in [0.2, 0.25) is 5.02 Å². The largest absolute Gasteiger partial charge is 0.462 e. The maximum atomic E-state index is 11.7. The molecule has 0 amide bonds. The minimum absolute atomic E-state index is 0.333. The highest BCUT2D eigenvalue weighted by Crippen LogP contribution is 2.44. The molecule has 0 bridgehead atoms. The van der Waals surface area contributed by atoms with Crippen LogP contribution in [-0.2, 0) is 4.74 Å². The lowest BCUT2D eigenvalue weighted by molar-refractivity contribution is 0.0497. The summed E-state index contributed by atoms with van der Waals surface area (Å²) in [5.74, 6) is 1.56. The molecule has 1 aromatic rings. The summed E-state index contributed by atoms with van der Waals surface area (Å²) in [6, 6.07) is 7.74. The van der Waals surface area contributed by atoms with Crippen LogP contribution in [0.25, 0.3) is 0 Å². The fourth-order valence-electron chi connectivity index (χ4n) is 2.47. The molecule has 0 N–H and O–H groups in total. The molecule has 2 unspecified atom stereocenters. The van der Waals surface area contributed by atoms with E-state index < -0.39 is 0 Å². The van der Waals surface area contributed by atoms with Gasteiger partial charge >= 0.3 is 5.97 Å². The van der Waals surface area contributed by atoms with Crippen LogP contribution in [0.15, 0.2) is 18.2 Å². The monoisotopic (exact) mass is 279 g/mol. The number of esters is 1. The van der Waals surface area contributed by atoms with Crippen molar-refractivity contribution in [2.24, 2.45) is 11.8 Å². The first-order valence-electron chi connectivity index (χ1n) is 7.05. The Morgan fingerprint density at radius 1 is 1.47 bits per heavy atom. The lowest BCUT2D eigenvalue weighted by Gasteiger charge is -2.05.